The lowest BCUT2D eigenvalue weighted by atomic mass is 10.3. The molecule has 0 radical (unpaired) electrons. The van der Waals surface area contributed by atoms with Gasteiger partial charge in [-0.1, -0.05) is 13.0 Å². The Morgan fingerprint density at radius 1 is 1.45 bits per heavy atom. The minimum absolute atomic E-state index is 0.0916. The molecule has 0 aliphatic carbocycles. The van der Waals surface area contributed by atoms with Crippen LogP contribution < -0.4 is 5.32 Å². The lowest BCUT2D eigenvalue weighted by molar-refractivity contribution is -0.124. The summed E-state index contributed by atoms with van der Waals surface area (Å²) in [6.45, 7) is 2.24. The van der Waals surface area contributed by atoms with Gasteiger partial charge >= 0.3 is 0 Å². The Hall–Kier alpha value is -1.60. The van der Waals surface area contributed by atoms with Gasteiger partial charge in [0.05, 0.1) is 4.91 Å². The molecule has 1 fully saturated rings. The molecular formula is C13H14N2O3S2. The normalized spacial score (nSPS) is 17.1. The second-order valence-corrected chi connectivity index (χ2v) is 6.02. The van der Waals surface area contributed by atoms with E-state index in [9.17, 15) is 14.4 Å². The molecule has 3 amide bonds. The number of thioether (sulfide) groups is 1. The Kier molecular flexibility index (Phi) is 4.97. The summed E-state index contributed by atoms with van der Waals surface area (Å²) < 4.78 is 0. The Morgan fingerprint density at radius 2 is 2.25 bits per heavy atom. The van der Waals surface area contributed by atoms with Crippen molar-refractivity contribution in [2.24, 2.45) is 0 Å². The summed E-state index contributed by atoms with van der Waals surface area (Å²) in [6.07, 6.45) is 2.11. The zero-order valence-corrected chi connectivity index (χ0v) is 12.6. The molecule has 7 heteroatoms. The van der Waals surface area contributed by atoms with Gasteiger partial charge in [-0.3, -0.25) is 19.3 Å². The molecule has 0 aromatic carbocycles. The maximum atomic E-state index is 12.1. The lowest BCUT2D eigenvalue weighted by Gasteiger charge is -2.12. The van der Waals surface area contributed by atoms with E-state index in [2.05, 4.69) is 5.32 Å². The molecule has 0 bridgehead atoms. The predicted octanol–water partition coefficient (Wildman–Crippen LogP) is 2.31. The van der Waals surface area contributed by atoms with Crippen molar-refractivity contribution in [3.05, 3.63) is 27.3 Å². The van der Waals surface area contributed by atoms with E-state index in [1.165, 1.54) is 16.2 Å². The smallest absolute Gasteiger partial charge is 0.293 e. The monoisotopic (exact) mass is 310 g/mol. The van der Waals surface area contributed by atoms with Gasteiger partial charge in [0.15, 0.2) is 0 Å². The number of hydrogen-bond acceptors (Lipinski definition) is 5. The molecule has 1 saturated heterocycles. The quantitative estimate of drug-likeness (QED) is 0.848. The summed E-state index contributed by atoms with van der Waals surface area (Å²) in [4.78, 5) is 37.5. The maximum absolute atomic E-state index is 12.1. The Morgan fingerprint density at radius 3 is 2.90 bits per heavy atom. The molecule has 2 rings (SSSR count). The number of rotatable bonds is 5. The summed E-state index contributed by atoms with van der Waals surface area (Å²) in [5, 5.41) is 4.27. The standard InChI is InChI=1S/C13H14N2O3S2/c1-2-11(16)14-5-6-15-12(17)10(20-13(15)18)8-9-4-3-7-19-9/h3-4,7-8H,2,5-6H2,1H3,(H,14,16)/b10-8+. The predicted molar refractivity (Wildman–Crippen MR) is 80.3 cm³/mol. The van der Waals surface area contributed by atoms with Crippen molar-refractivity contribution >= 4 is 46.2 Å². The number of hydrogen-bond donors (Lipinski definition) is 1. The second kappa shape index (κ2) is 6.71. The zero-order valence-electron chi connectivity index (χ0n) is 10.9. The van der Waals surface area contributed by atoms with Crippen LogP contribution in [0.4, 0.5) is 4.79 Å². The van der Waals surface area contributed by atoms with Crippen molar-refractivity contribution in [2.75, 3.05) is 13.1 Å². The van der Waals surface area contributed by atoms with Crippen LogP contribution in [0.15, 0.2) is 22.4 Å². The first-order chi connectivity index (χ1) is 9.61. The van der Waals surface area contributed by atoms with E-state index in [1.54, 1.807) is 13.0 Å². The van der Waals surface area contributed by atoms with Crippen LogP contribution in [0.25, 0.3) is 6.08 Å². The van der Waals surface area contributed by atoms with Gasteiger partial charge in [-0.25, -0.2) is 0 Å². The fraction of sp³-hybridized carbons (Fsp3) is 0.308. The SMILES string of the molecule is CCC(=O)NCCN1C(=O)S/C(=C/c2cccs2)C1=O. The number of amides is 3. The Balaban J connectivity index is 1.97. The van der Waals surface area contributed by atoms with Crippen LogP contribution in [-0.4, -0.2) is 35.0 Å². The van der Waals surface area contributed by atoms with Gasteiger partial charge in [-0.2, -0.15) is 0 Å². The maximum Gasteiger partial charge on any atom is 0.293 e. The van der Waals surface area contributed by atoms with Crippen LogP contribution >= 0.6 is 23.1 Å². The summed E-state index contributed by atoms with van der Waals surface area (Å²) >= 11 is 2.45. The third kappa shape index (κ3) is 3.49. The van der Waals surface area contributed by atoms with E-state index in [1.807, 2.05) is 17.5 Å². The van der Waals surface area contributed by atoms with Crippen molar-refractivity contribution in [2.45, 2.75) is 13.3 Å². The molecule has 20 heavy (non-hydrogen) atoms. The second-order valence-electron chi connectivity index (χ2n) is 4.05. The van der Waals surface area contributed by atoms with Gasteiger partial charge < -0.3 is 5.32 Å². The highest BCUT2D eigenvalue weighted by Gasteiger charge is 2.34. The molecular weight excluding hydrogens is 296 g/mol. The summed E-state index contributed by atoms with van der Waals surface area (Å²) in [6, 6.07) is 3.78. The molecule has 1 N–H and O–H groups in total. The Labute approximate surface area is 125 Å². The van der Waals surface area contributed by atoms with Crippen LogP contribution in [0.5, 0.6) is 0 Å². The minimum atomic E-state index is -0.292. The summed E-state index contributed by atoms with van der Waals surface area (Å²) in [5.41, 5.74) is 0. The van der Waals surface area contributed by atoms with Crippen LogP contribution in [0.1, 0.15) is 18.2 Å². The lowest BCUT2D eigenvalue weighted by Crippen LogP contribution is -2.37. The van der Waals surface area contributed by atoms with Gasteiger partial charge in [0.1, 0.15) is 0 Å². The van der Waals surface area contributed by atoms with Gasteiger partial charge in [-0.15, -0.1) is 11.3 Å². The zero-order chi connectivity index (χ0) is 14.5. The van der Waals surface area contributed by atoms with Crippen LogP contribution in [0.3, 0.4) is 0 Å². The fourth-order valence-corrected chi connectivity index (χ4v) is 3.22. The molecule has 2 heterocycles. The van der Waals surface area contributed by atoms with Crippen LogP contribution in [-0.2, 0) is 9.59 Å². The highest BCUT2D eigenvalue weighted by atomic mass is 32.2. The molecule has 0 saturated carbocycles. The third-order valence-electron chi connectivity index (χ3n) is 2.67. The average molecular weight is 310 g/mol. The number of imide groups is 1. The van der Waals surface area contributed by atoms with Gasteiger partial charge in [0, 0.05) is 24.4 Å². The first-order valence-corrected chi connectivity index (χ1v) is 7.87. The molecule has 106 valence electrons. The van der Waals surface area contributed by atoms with Crippen molar-refractivity contribution in [3.8, 4) is 0 Å². The van der Waals surface area contributed by atoms with Crippen molar-refractivity contribution in [3.63, 3.8) is 0 Å². The molecule has 1 aliphatic rings. The first-order valence-electron chi connectivity index (χ1n) is 6.17. The third-order valence-corrected chi connectivity index (χ3v) is 4.40. The van der Waals surface area contributed by atoms with E-state index in [0.29, 0.717) is 11.3 Å². The summed E-state index contributed by atoms with van der Waals surface area (Å²) in [7, 11) is 0. The van der Waals surface area contributed by atoms with E-state index >= 15 is 0 Å². The van der Waals surface area contributed by atoms with E-state index in [4.69, 9.17) is 0 Å². The summed E-state index contributed by atoms with van der Waals surface area (Å²) in [5.74, 6) is -0.384. The van der Waals surface area contributed by atoms with Gasteiger partial charge in [-0.05, 0) is 29.3 Å². The fourth-order valence-electron chi connectivity index (χ4n) is 1.63. The van der Waals surface area contributed by atoms with E-state index in [-0.39, 0.29) is 30.1 Å². The number of thiophene rings is 1. The largest absolute Gasteiger partial charge is 0.354 e. The van der Waals surface area contributed by atoms with E-state index in [0.717, 1.165) is 16.6 Å². The van der Waals surface area contributed by atoms with Gasteiger partial charge in [0.25, 0.3) is 11.1 Å². The molecule has 1 aliphatic heterocycles. The highest BCUT2D eigenvalue weighted by molar-refractivity contribution is 8.18. The number of carbonyl (C=O) groups is 3. The number of carbonyl (C=O) groups excluding carboxylic acids is 3. The molecule has 0 unspecified atom stereocenters. The molecule has 0 spiro atoms. The average Bonchev–Trinajstić information content (AvgIpc) is 3.02. The van der Waals surface area contributed by atoms with Crippen LogP contribution in [0.2, 0.25) is 0 Å². The molecule has 0 atom stereocenters. The molecule has 5 nitrogen and oxygen atoms in total. The van der Waals surface area contributed by atoms with E-state index < -0.39 is 0 Å². The Bertz CT molecular complexity index is 552. The van der Waals surface area contributed by atoms with Crippen LogP contribution in [0, 0.1) is 0 Å². The molecule has 1 aromatic rings. The first kappa shape index (κ1) is 14.8. The highest BCUT2D eigenvalue weighted by Crippen LogP contribution is 2.32. The van der Waals surface area contributed by atoms with Gasteiger partial charge in [0.2, 0.25) is 5.91 Å². The minimum Gasteiger partial charge on any atom is -0.354 e. The van der Waals surface area contributed by atoms with Crippen molar-refractivity contribution in [1.29, 1.82) is 0 Å². The topological polar surface area (TPSA) is 66.5 Å². The number of nitrogens with one attached hydrogen (secondary N) is 1. The van der Waals surface area contributed by atoms with Crippen molar-refractivity contribution in [1.82, 2.24) is 10.2 Å². The number of nitrogens with zero attached hydrogens (tertiary/aromatic N) is 1. The molecule has 1 aromatic heterocycles. The van der Waals surface area contributed by atoms with Crippen molar-refractivity contribution < 1.29 is 14.4 Å².